The van der Waals surface area contributed by atoms with Gasteiger partial charge < -0.3 is 80.2 Å². The maximum Gasteiger partial charge on any atom is 0.415 e. The zero-order valence-electron chi connectivity index (χ0n) is 56.8. The summed E-state index contributed by atoms with van der Waals surface area (Å²) < 4.78 is 33.4. The van der Waals surface area contributed by atoms with E-state index in [1.165, 1.54) is 35.2 Å². The summed E-state index contributed by atoms with van der Waals surface area (Å²) >= 11 is 6.65. The SMILES string of the molecule is Cc1ccc(C(=O)Nc2cnc3[nH]c(C(=O)N4C[C@@H](CCl)c5c4cc(OC(=O)N(CCCC(=O)O)CCN(C)C(=O)OCc4ccc(NC(=O)[C@H](CCCNC(N)=O)CC(=O)[C@@H](NC(=O)OCCOCCOCCOCCN6C(=O)C=CC6=O)C(C)C)cc4)c4cccc(C)c54)cc3c2)cc1. The molecule has 8 N–H and O–H groups in total. The van der Waals surface area contributed by atoms with Gasteiger partial charge in [0.25, 0.3) is 23.6 Å². The van der Waals surface area contributed by atoms with Crippen molar-refractivity contribution in [3.63, 3.8) is 0 Å². The lowest BCUT2D eigenvalue weighted by Crippen LogP contribution is -2.46. The molecule has 0 fully saturated rings. The number of alkyl carbamates (subject to hydrolysis) is 1. The number of nitrogens with zero attached hydrogens (tertiary/aromatic N) is 5. The Labute approximate surface area is 587 Å². The molecule has 0 aliphatic carbocycles. The Morgan fingerprint density at radius 1 is 0.792 bits per heavy atom. The number of nitrogens with two attached hydrogens (primary N) is 1. The minimum atomic E-state index is -1.08. The summed E-state index contributed by atoms with van der Waals surface area (Å²) in [5.74, 6) is -4.89. The largest absolute Gasteiger partial charge is 0.481 e. The number of benzene rings is 4. The van der Waals surface area contributed by atoms with Crippen molar-refractivity contribution in [1.29, 1.82) is 0 Å². The number of aromatic nitrogens is 2. The molecule has 4 heterocycles. The van der Waals surface area contributed by atoms with Crippen LogP contribution in [0.4, 0.5) is 36.2 Å². The summed E-state index contributed by atoms with van der Waals surface area (Å²) in [5.41, 5.74) is 10.7. The molecule has 10 amide bonds. The van der Waals surface area contributed by atoms with E-state index in [1.54, 1.807) is 79.4 Å². The van der Waals surface area contributed by atoms with Crippen molar-refractivity contribution in [1.82, 2.24) is 35.3 Å². The second kappa shape index (κ2) is 37.1. The van der Waals surface area contributed by atoms with E-state index in [2.05, 4.69) is 31.2 Å². The van der Waals surface area contributed by atoms with Gasteiger partial charge in [0.1, 0.15) is 30.3 Å². The lowest BCUT2D eigenvalue weighted by molar-refractivity contribution is -0.138. The predicted octanol–water partition coefficient (Wildman–Crippen LogP) is 8.19. The molecule has 0 bridgehead atoms. The van der Waals surface area contributed by atoms with Gasteiger partial charge >= 0.3 is 30.3 Å². The molecule has 0 spiro atoms. The number of aromatic amines is 1. The number of aryl methyl sites for hydroxylation is 2. The van der Waals surface area contributed by atoms with Crippen molar-refractivity contribution in [2.24, 2.45) is 17.6 Å². The van der Waals surface area contributed by atoms with Crippen LogP contribution in [-0.4, -0.2) is 200 Å². The van der Waals surface area contributed by atoms with Gasteiger partial charge in [-0.25, -0.2) is 24.2 Å². The van der Waals surface area contributed by atoms with E-state index in [1.807, 2.05) is 38.1 Å². The first-order valence-electron chi connectivity index (χ1n) is 33.0. The number of alkyl halides is 1. The van der Waals surface area contributed by atoms with Crippen LogP contribution in [-0.2, 0) is 54.3 Å². The normalized spacial score (nSPS) is 13.8. The summed E-state index contributed by atoms with van der Waals surface area (Å²) in [6.07, 6.45) is 1.37. The van der Waals surface area contributed by atoms with Crippen molar-refractivity contribution in [3.05, 3.63) is 137 Å². The molecule has 4 aromatic carbocycles. The monoisotopic (exact) mass is 1410 g/mol. The molecule has 2 aliphatic rings. The van der Waals surface area contributed by atoms with Crippen molar-refractivity contribution in [3.8, 4) is 5.75 Å². The van der Waals surface area contributed by atoms with Gasteiger partial charge in [0.05, 0.1) is 69.8 Å². The number of fused-ring (bicyclic) bond motifs is 4. The number of aliphatic carboxylic acids is 1. The first-order valence-corrected chi connectivity index (χ1v) is 33.5. The number of carbonyl (C=O) groups excluding carboxylic acids is 10. The third-order valence-electron chi connectivity index (χ3n) is 16.7. The molecule has 0 radical (unpaired) electrons. The number of anilines is 3. The fourth-order valence-electron chi connectivity index (χ4n) is 11.3. The van der Waals surface area contributed by atoms with E-state index in [0.717, 1.165) is 27.0 Å². The average molecular weight is 1410 g/mol. The number of nitrogens with one attached hydrogen (secondary N) is 5. The molecule has 29 nitrogen and oxygen atoms in total. The maximum absolute atomic E-state index is 14.6. The lowest BCUT2D eigenvalue weighted by Gasteiger charge is -2.26. The fraction of sp³-hybridized carbons (Fsp3) is 0.408. The number of pyridine rings is 1. The quantitative estimate of drug-likeness (QED) is 0.0110. The summed E-state index contributed by atoms with van der Waals surface area (Å²) in [6.45, 7) is 8.26. The van der Waals surface area contributed by atoms with E-state index in [4.69, 9.17) is 45.8 Å². The van der Waals surface area contributed by atoms with Crippen LogP contribution in [0.15, 0.2) is 103 Å². The number of likely N-dealkylation sites (N-methyl/N-ethyl adjacent to an activating group) is 1. The molecule has 0 saturated carbocycles. The molecular formula is C71H84ClN11O18. The number of urea groups is 1. The standard InChI is InChI=1S/C71H84ClN11O18/c1-43(2)63(79-69(93)99-34-33-98-32-31-97-30-29-96-28-27-82-58(85)21-22-59(82)86)56(84)37-48(10-7-23-74-68(73)92)66(90)76-51-19-15-46(16-20-51)42-100-70(94)80(5)25-26-81(24-8-12-60(87)88)71(95)101-57-38-55-62(61-45(4)9-6-11-53(57)61)50(39-72)41-83(55)67(91)54-36-49-35-52(40-75-64(49)78-54)77-65(89)47-17-13-44(3)14-18-47/h6,9,11,13-22,35-36,38,40,43,48,50,63H,7-8,10,12,23-34,37,39,41-42H2,1-5H3,(H,75,78)(H,76,90)(H,77,89)(H,79,93)(H,87,88)(H3,73,74,92)/t48-,50-,63+/m1/s1. The predicted molar refractivity (Wildman–Crippen MR) is 373 cm³/mol. The summed E-state index contributed by atoms with van der Waals surface area (Å²) in [4.78, 5) is 155. The number of primary amides is 1. The number of halogens is 1. The highest BCUT2D eigenvalue weighted by Crippen LogP contribution is 2.47. The average Bonchev–Trinajstić information content (AvgIpc) is 1.62. The van der Waals surface area contributed by atoms with Crippen molar-refractivity contribution >= 4 is 116 Å². The van der Waals surface area contributed by atoms with E-state index in [-0.39, 0.29) is 165 Å². The molecule has 2 aliphatic heterocycles. The molecule has 2 aromatic heterocycles. The van der Waals surface area contributed by atoms with Crippen LogP contribution in [0.3, 0.4) is 0 Å². The number of hydrogen-bond acceptors (Lipinski definition) is 18. The van der Waals surface area contributed by atoms with Gasteiger partial charge in [-0.3, -0.25) is 38.5 Å². The van der Waals surface area contributed by atoms with E-state index in [0.29, 0.717) is 44.6 Å². The number of hydrogen-bond donors (Lipinski definition) is 7. The van der Waals surface area contributed by atoms with Crippen LogP contribution in [0.25, 0.3) is 21.8 Å². The van der Waals surface area contributed by atoms with Crippen molar-refractivity contribution in [2.75, 3.05) is 114 Å². The van der Waals surface area contributed by atoms with Gasteiger partial charge in [0.2, 0.25) is 5.91 Å². The summed E-state index contributed by atoms with van der Waals surface area (Å²) in [7, 11) is 1.47. The number of Topliss-reactive ketones (excluding diaryl/α,β-unsaturated/α-hetero) is 1. The molecule has 538 valence electrons. The Hall–Kier alpha value is -10.5. The number of ether oxygens (including phenoxy) is 6. The Morgan fingerprint density at radius 3 is 2.16 bits per heavy atom. The van der Waals surface area contributed by atoms with Crippen LogP contribution in [0.5, 0.6) is 5.75 Å². The maximum atomic E-state index is 14.6. The number of H-pyrrole nitrogens is 1. The second-order valence-electron chi connectivity index (χ2n) is 24.6. The second-order valence-corrected chi connectivity index (χ2v) is 24.9. The molecule has 6 aromatic rings. The lowest BCUT2D eigenvalue weighted by atomic mass is 9.89. The van der Waals surface area contributed by atoms with Crippen LogP contribution in [0.1, 0.15) is 95.0 Å². The van der Waals surface area contributed by atoms with Crippen LogP contribution < -0.4 is 36.6 Å². The summed E-state index contributed by atoms with van der Waals surface area (Å²) in [5, 5.41) is 22.2. The number of rotatable bonds is 37. The van der Waals surface area contributed by atoms with Crippen LogP contribution >= 0.6 is 11.6 Å². The Bertz CT molecular complexity index is 4000. The van der Waals surface area contributed by atoms with Crippen LogP contribution in [0.2, 0.25) is 0 Å². The number of carboxylic acid groups (broad SMARTS) is 1. The zero-order chi connectivity index (χ0) is 72.7. The van der Waals surface area contributed by atoms with E-state index < -0.39 is 65.8 Å². The van der Waals surface area contributed by atoms with E-state index >= 15 is 0 Å². The molecule has 101 heavy (non-hydrogen) atoms. The molecule has 0 saturated heterocycles. The third-order valence-corrected chi connectivity index (χ3v) is 17.1. The Morgan fingerprint density at radius 2 is 1.49 bits per heavy atom. The van der Waals surface area contributed by atoms with Gasteiger partial charge in [-0.2, -0.15) is 0 Å². The van der Waals surface area contributed by atoms with Crippen molar-refractivity contribution in [2.45, 2.75) is 78.4 Å². The smallest absolute Gasteiger partial charge is 0.415 e. The number of ketones is 1. The fourth-order valence-corrected chi connectivity index (χ4v) is 11.6. The molecule has 3 atom stereocenters. The van der Waals surface area contributed by atoms with Gasteiger partial charge in [0.15, 0.2) is 5.78 Å². The highest BCUT2D eigenvalue weighted by atomic mass is 35.5. The Balaban J connectivity index is 0.827. The van der Waals surface area contributed by atoms with Gasteiger partial charge in [0, 0.05) is 111 Å². The molecular weight excluding hydrogens is 1330 g/mol. The first-order chi connectivity index (χ1) is 48.5. The first kappa shape index (κ1) is 76.3. The Kier molecular flexibility index (Phi) is 28.0. The van der Waals surface area contributed by atoms with Gasteiger partial charge in [-0.15, -0.1) is 11.6 Å². The minimum absolute atomic E-state index is 0.0341. The highest BCUT2D eigenvalue weighted by Gasteiger charge is 2.37. The van der Waals surface area contributed by atoms with Crippen LogP contribution in [0, 0.1) is 25.7 Å². The zero-order valence-corrected chi connectivity index (χ0v) is 57.6. The number of amides is 10. The number of carbonyl (C=O) groups is 11. The number of carboxylic acids is 1. The van der Waals surface area contributed by atoms with Crippen molar-refractivity contribution < 1.29 is 86.3 Å². The highest BCUT2D eigenvalue weighted by molar-refractivity contribution is 6.20. The third kappa shape index (κ3) is 21.8. The molecule has 30 heteroatoms. The minimum Gasteiger partial charge on any atom is -0.481 e. The molecule has 8 rings (SSSR count). The number of imide groups is 1. The van der Waals surface area contributed by atoms with Gasteiger partial charge in [-0.05, 0) is 97.5 Å². The topological polar surface area (TPSA) is 379 Å². The molecule has 0 unspecified atom stereocenters. The van der Waals surface area contributed by atoms with E-state index in [9.17, 15) is 57.8 Å². The van der Waals surface area contributed by atoms with Gasteiger partial charge in [-0.1, -0.05) is 61.9 Å². The summed E-state index contributed by atoms with van der Waals surface area (Å²) in [6, 6.07) is 22.2.